The van der Waals surface area contributed by atoms with E-state index >= 15 is 0 Å². The summed E-state index contributed by atoms with van der Waals surface area (Å²) in [5.41, 5.74) is 2.23. The Hall–Kier alpha value is -1.35. The fourth-order valence-corrected chi connectivity index (χ4v) is 2.53. The standard InChI is InChI=1S/C16H19ClNO/c17-11-12-18(19,13-15-7-3-1-4-8-15)14-16-9-5-2-6-10-16/h1-10,19H,11-14H2/q+1. The zero-order valence-electron chi connectivity index (χ0n) is 10.9. The molecule has 3 heteroatoms. The van der Waals surface area contributed by atoms with Crippen LogP contribution < -0.4 is 0 Å². The van der Waals surface area contributed by atoms with Gasteiger partial charge in [0.2, 0.25) is 0 Å². The Morgan fingerprint density at radius 2 is 1.21 bits per heavy atom. The number of rotatable bonds is 6. The van der Waals surface area contributed by atoms with Crippen LogP contribution in [0, 0.1) is 0 Å². The first kappa shape index (κ1) is 14.1. The second kappa shape index (κ2) is 6.71. The van der Waals surface area contributed by atoms with Crippen LogP contribution in [-0.4, -0.2) is 22.3 Å². The highest BCUT2D eigenvalue weighted by Gasteiger charge is 2.25. The molecule has 0 spiro atoms. The number of alkyl halides is 1. The summed E-state index contributed by atoms with van der Waals surface area (Å²) in [6, 6.07) is 20.0. The predicted octanol–water partition coefficient (Wildman–Crippen LogP) is 3.83. The Labute approximate surface area is 119 Å². The van der Waals surface area contributed by atoms with Crippen LogP contribution >= 0.6 is 11.6 Å². The van der Waals surface area contributed by atoms with Crippen LogP contribution in [0.5, 0.6) is 0 Å². The molecule has 19 heavy (non-hydrogen) atoms. The van der Waals surface area contributed by atoms with E-state index in [-0.39, 0.29) is 4.65 Å². The summed E-state index contributed by atoms with van der Waals surface area (Å²) in [6.45, 7) is 1.68. The molecule has 0 aromatic heterocycles. The van der Waals surface area contributed by atoms with Crippen LogP contribution in [0.25, 0.3) is 0 Å². The highest BCUT2D eigenvalue weighted by Crippen LogP contribution is 2.17. The zero-order valence-corrected chi connectivity index (χ0v) is 11.6. The number of hydrogen-bond acceptors (Lipinski definition) is 1. The monoisotopic (exact) mass is 276 g/mol. The van der Waals surface area contributed by atoms with Gasteiger partial charge in [0.25, 0.3) is 0 Å². The lowest BCUT2D eigenvalue weighted by molar-refractivity contribution is -1.12. The average Bonchev–Trinajstić information content (AvgIpc) is 2.41. The van der Waals surface area contributed by atoms with E-state index in [0.29, 0.717) is 25.5 Å². The van der Waals surface area contributed by atoms with Gasteiger partial charge in [0, 0.05) is 11.1 Å². The van der Waals surface area contributed by atoms with Crippen molar-refractivity contribution in [2.24, 2.45) is 0 Å². The molecule has 0 atom stereocenters. The summed E-state index contributed by atoms with van der Waals surface area (Å²) >= 11 is 5.84. The van der Waals surface area contributed by atoms with Crippen LogP contribution in [0.3, 0.4) is 0 Å². The molecule has 100 valence electrons. The van der Waals surface area contributed by atoms with Gasteiger partial charge in [0.05, 0.1) is 5.88 Å². The topological polar surface area (TPSA) is 20.2 Å². The number of hydrogen-bond donors (Lipinski definition) is 1. The summed E-state index contributed by atoms with van der Waals surface area (Å²) < 4.78 is -0.0580. The molecule has 0 unspecified atom stereocenters. The van der Waals surface area contributed by atoms with Crippen LogP contribution in [0.1, 0.15) is 11.1 Å². The Balaban J connectivity index is 2.13. The smallest absolute Gasteiger partial charge is 0.135 e. The first-order valence-corrected chi connectivity index (χ1v) is 6.98. The van der Waals surface area contributed by atoms with Gasteiger partial charge < -0.3 is 0 Å². The maximum Gasteiger partial charge on any atom is 0.135 e. The minimum atomic E-state index is -0.0580. The second-order valence-electron chi connectivity index (χ2n) is 4.80. The molecule has 0 saturated carbocycles. The molecule has 0 fully saturated rings. The van der Waals surface area contributed by atoms with Crippen molar-refractivity contribution < 1.29 is 9.85 Å². The summed E-state index contributed by atoms with van der Waals surface area (Å²) in [5.74, 6) is 0.441. The van der Waals surface area contributed by atoms with Gasteiger partial charge in [-0.15, -0.1) is 11.6 Å². The minimum absolute atomic E-state index is 0.0580. The van der Waals surface area contributed by atoms with Crippen molar-refractivity contribution in [3.05, 3.63) is 71.8 Å². The maximum absolute atomic E-state index is 10.8. The van der Waals surface area contributed by atoms with Gasteiger partial charge in [0.1, 0.15) is 19.6 Å². The van der Waals surface area contributed by atoms with E-state index in [0.717, 1.165) is 11.1 Å². The molecule has 0 bridgehead atoms. The quantitative estimate of drug-likeness (QED) is 0.483. The largest absolute Gasteiger partial charge is 0.216 e. The molecule has 2 aromatic carbocycles. The summed E-state index contributed by atoms with van der Waals surface area (Å²) in [4.78, 5) is 0. The minimum Gasteiger partial charge on any atom is -0.216 e. The number of benzene rings is 2. The van der Waals surface area contributed by atoms with E-state index in [1.165, 1.54) is 0 Å². The van der Waals surface area contributed by atoms with E-state index in [9.17, 15) is 5.21 Å². The summed E-state index contributed by atoms with van der Waals surface area (Å²) in [5, 5.41) is 10.8. The van der Waals surface area contributed by atoms with Crippen molar-refractivity contribution in [1.82, 2.24) is 0 Å². The Bertz CT molecular complexity index is 445. The first-order chi connectivity index (χ1) is 9.22. The predicted molar refractivity (Wildman–Crippen MR) is 77.9 cm³/mol. The molecule has 2 nitrogen and oxygen atoms in total. The normalized spacial score (nSPS) is 11.5. The lowest BCUT2D eigenvalue weighted by Crippen LogP contribution is -2.44. The molecule has 0 aliphatic rings. The number of halogens is 1. The molecule has 2 rings (SSSR count). The van der Waals surface area contributed by atoms with Crippen molar-refractivity contribution in [2.75, 3.05) is 12.4 Å². The Morgan fingerprint density at radius 1 is 0.789 bits per heavy atom. The first-order valence-electron chi connectivity index (χ1n) is 6.44. The molecule has 2 aromatic rings. The fourth-order valence-electron chi connectivity index (χ4n) is 2.22. The van der Waals surface area contributed by atoms with Crippen molar-refractivity contribution in [3.63, 3.8) is 0 Å². The van der Waals surface area contributed by atoms with Crippen LogP contribution in [-0.2, 0) is 13.1 Å². The summed E-state index contributed by atoms with van der Waals surface area (Å²) in [7, 11) is 0. The van der Waals surface area contributed by atoms with Crippen LogP contribution in [0.4, 0.5) is 0 Å². The fraction of sp³-hybridized carbons (Fsp3) is 0.250. The Kier molecular flexibility index (Phi) is 4.97. The summed E-state index contributed by atoms with van der Waals surface area (Å²) in [6.07, 6.45) is 0. The van der Waals surface area contributed by atoms with Gasteiger partial charge in [0.15, 0.2) is 0 Å². The van der Waals surface area contributed by atoms with Crippen LogP contribution in [0.2, 0.25) is 0 Å². The maximum atomic E-state index is 10.8. The Morgan fingerprint density at radius 3 is 1.58 bits per heavy atom. The molecule has 0 aliphatic carbocycles. The lowest BCUT2D eigenvalue weighted by atomic mass is 10.1. The highest BCUT2D eigenvalue weighted by molar-refractivity contribution is 6.17. The van der Waals surface area contributed by atoms with E-state index in [1.54, 1.807) is 0 Å². The van der Waals surface area contributed by atoms with Gasteiger partial charge in [-0.3, -0.25) is 0 Å². The third-order valence-electron chi connectivity index (χ3n) is 3.14. The molecule has 0 radical (unpaired) electrons. The van der Waals surface area contributed by atoms with Gasteiger partial charge in [-0.1, -0.05) is 60.7 Å². The van der Waals surface area contributed by atoms with Crippen molar-refractivity contribution in [2.45, 2.75) is 13.1 Å². The SMILES string of the molecule is O[N+](CCCl)(Cc1ccccc1)Cc1ccccc1. The highest BCUT2D eigenvalue weighted by atomic mass is 35.5. The molecule has 0 heterocycles. The van der Waals surface area contributed by atoms with Gasteiger partial charge in [-0.2, -0.15) is 4.65 Å². The van der Waals surface area contributed by atoms with E-state index in [2.05, 4.69) is 0 Å². The van der Waals surface area contributed by atoms with E-state index in [4.69, 9.17) is 11.6 Å². The molecule has 0 aliphatic heterocycles. The van der Waals surface area contributed by atoms with E-state index < -0.39 is 0 Å². The zero-order chi connectivity index (χ0) is 13.6. The van der Waals surface area contributed by atoms with Crippen molar-refractivity contribution >= 4 is 11.6 Å². The molecular weight excluding hydrogens is 258 g/mol. The van der Waals surface area contributed by atoms with Crippen molar-refractivity contribution in [1.29, 1.82) is 0 Å². The van der Waals surface area contributed by atoms with Crippen molar-refractivity contribution in [3.8, 4) is 0 Å². The van der Waals surface area contributed by atoms with Gasteiger partial charge >= 0.3 is 0 Å². The molecule has 1 N–H and O–H groups in total. The third-order valence-corrected chi connectivity index (χ3v) is 3.31. The number of nitrogens with zero attached hydrogens (tertiary/aromatic N) is 1. The molecule has 0 saturated heterocycles. The van der Waals surface area contributed by atoms with Crippen LogP contribution in [0.15, 0.2) is 60.7 Å². The third kappa shape index (κ3) is 4.35. The second-order valence-corrected chi connectivity index (χ2v) is 5.17. The number of quaternary nitrogens is 1. The average molecular weight is 277 g/mol. The van der Waals surface area contributed by atoms with Gasteiger partial charge in [-0.25, -0.2) is 5.21 Å². The molecule has 0 amide bonds. The molecular formula is C16H19ClNO+. The van der Waals surface area contributed by atoms with Gasteiger partial charge in [-0.05, 0) is 0 Å². The van der Waals surface area contributed by atoms with E-state index in [1.807, 2.05) is 60.7 Å². The lowest BCUT2D eigenvalue weighted by Gasteiger charge is -2.29. The number of hydroxylamine groups is 3.